The zero-order valence-electron chi connectivity index (χ0n) is 17.3. The molecule has 2 aliphatic rings. The van der Waals surface area contributed by atoms with Gasteiger partial charge in [-0.25, -0.2) is 4.98 Å². The van der Waals surface area contributed by atoms with Gasteiger partial charge in [0.1, 0.15) is 18.7 Å². The van der Waals surface area contributed by atoms with E-state index in [1.807, 2.05) is 6.07 Å². The Kier molecular flexibility index (Phi) is 6.09. The molecule has 2 saturated heterocycles. The molecule has 0 radical (unpaired) electrons. The average Bonchev–Trinajstić information content (AvgIpc) is 3.52. The average molecular weight is 504 g/mol. The van der Waals surface area contributed by atoms with Crippen molar-refractivity contribution in [2.24, 2.45) is 0 Å². The molecule has 10 heteroatoms. The first-order valence-electron chi connectivity index (χ1n) is 10.4. The molecule has 1 aromatic heterocycles. The Morgan fingerprint density at radius 1 is 1.21 bits per heavy atom. The molecule has 2 amide bonds. The number of ketones is 1. The molecule has 0 aliphatic carbocycles. The van der Waals surface area contributed by atoms with E-state index < -0.39 is 18.0 Å². The second-order valence-corrected chi connectivity index (χ2v) is 9.80. The largest absolute Gasteiger partial charge is 0.368 e. The molecule has 33 heavy (non-hydrogen) atoms. The van der Waals surface area contributed by atoms with Crippen LogP contribution in [0.5, 0.6) is 0 Å². The van der Waals surface area contributed by atoms with Crippen molar-refractivity contribution in [3.05, 3.63) is 63.1 Å². The highest BCUT2D eigenvalue weighted by atomic mass is 35.5. The summed E-state index contributed by atoms with van der Waals surface area (Å²) in [6.45, 7) is 0.412. The van der Waals surface area contributed by atoms with Crippen LogP contribution in [0.2, 0.25) is 10.0 Å². The van der Waals surface area contributed by atoms with Gasteiger partial charge in [0.2, 0.25) is 5.91 Å². The third kappa shape index (κ3) is 4.36. The van der Waals surface area contributed by atoms with Crippen LogP contribution in [0.4, 0.5) is 0 Å². The lowest BCUT2D eigenvalue weighted by Crippen LogP contribution is -2.53. The third-order valence-corrected chi connectivity index (χ3v) is 7.56. The van der Waals surface area contributed by atoms with Crippen molar-refractivity contribution in [1.82, 2.24) is 15.2 Å². The van der Waals surface area contributed by atoms with E-state index in [1.165, 1.54) is 16.2 Å². The van der Waals surface area contributed by atoms with Gasteiger partial charge >= 0.3 is 0 Å². The Balaban J connectivity index is 1.42. The second-order valence-electron chi connectivity index (χ2n) is 8.09. The Morgan fingerprint density at radius 2 is 2.06 bits per heavy atom. The first-order chi connectivity index (χ1) is 15.9. The van der Waals surface area contributed by atoms with Crippen LogP contribution in [0.1, 0.15) is 22.3 Å². The standard InChI is InChI=1S/C23H19Cl2N3O4S/c24-14-3-1-12(7-15(14)25)8-17(23(31)28-6-5-19-21(28)18(29)10-32-19)27-22(30)13-2-4-20-16(9-13)26-11-33-20/h1-4,7,9,11,17,19,21H,5-6,8,10H2,(H,27,30). The van der Waals surface area contributed by atoms with Crippen LogP contribution in [0.3, 0.4) is 0 Å². The van der Waals surface area contributed by atoms with Gasteiger partial charge in [-0.15, -0.1) is 11.3 Å². The molecular weight excluding hydrogens is 485 g/mol. The van der Waals surface area contributed by atoms with Gasteiger partial charge in [0.15, 0.2) is 5.78 Å². The highest BCUT2D eigenvalue weighted by Gasteiger charge is 2.48. The van der Waals surface area contributed by atoms with Crippen molar-refractivity contribution in [3.8, 4) is 0 Å². The molecule has 5 rings (SSSR count). The molecular formula is C23H19Cl2N3O4S. The fourth-order valence-corrected chi connectivity index (χ4v) is 5.36. The van der Waals surface area contributed by atoms with Crippen LogP contribution in [0.15, 0.2) is 41.9 Å². The van der Waals surface area contributed by atoms with E-state index in [1.54, 1.807) is 35.8 Å². The summed E-state index contributed by atoms with van der Waals surface area (Å²) in [5, 5.41) is 3.63. The van der Waals surface area contributed by atoms with Crippen molar-refractivity contribution in [3.63, 3.8) is 0 Å². The van der Waals surface area contributed by atoms with E-state index in [0.717, 1.165) is 15.8 Å². The highest BCUT2D eigenvalue weighted by Crippen LogP contribution is 2.29. The Hall–Kier alpha value is -2.52. The lowest BCUT2D eigenvalue weighted by Gasteiger charge is -2.27. The minimum atomic E-state index is -0.895. The van der Waals surface area contributed by atoms with Crippen molar-refractivity contribution in [2.45, 2.75) is 31.0 Å². The summed E-state index contributed by atoms with van der Waals surface area (Å²) in [7, 11) is 0. The van der Waals surface area contributed by atoms with E-state index in [4.69, 9.17) is 27.9 Å². The monoisotopic (exact) mass is 503 g/mol. The number of hydrogen-bond donors (Lipinski definition) is 1. The smallest absolute Gasteiger partial charge is 0.252 e. The van der Waals surface area contributed by atoms with E-state index in [-0.39, 0.29) is 30.8 Å². The molecule has 3 unspecified atom stereocenters. The summed E-state index contributed by atoms with van der Waals surface area (Å²) in [6.07, 6.45) is 0.509. The number of nitrogens with one attached hydrogen (secondary N) is 1. The number of nitrogens with zero attached hydrogens (tertiary/aromatic N) is 2. The van der Waals surface area contributed by atoms with Gasteiger partial charge in [0.05, 0.1) is 31.9 Å². The predicted molar refractivity (Wildman–Crippen MR) is 126 cm³/mol. The van der Waals surface area contributed by atoms with E-state index >= 15 is 0 Å². The van der Waals surface area contributed by atoms with Crippen LogP contribution >= 0.6 is 34.5 Å². The summed E-state index contributed by atoms with van der Waals surface area (Å²) in [5.41, 5.74) is 3.58. The maximum Gasteiger partial charge on any atom is 0.252 e. The number of amides is 2. The van der Waals surface area contributed by atoms with Crippen LogP contribution in [0.25, 0.3) is 10.2 Å². The zero-order valence-corrected chi connectivity index (χ0v) is 19.6. The van der Waals surface area contributed by atoms with Crippen LogP contribution in [0, 0.1) is 0 Å². The molecule has 0 spiro atoms. The third-order valence-electron chi connectivity index (χ3n) is 6.01. The van der Waals surface area contributed by atoms with E-state index in [2.05, 4.69) is 10.3 Å². The van der Waals surface area contributed by atoms with Crippen LogP contribution < -0.4 is 5.32 Å². The van der Waals surface area contributed by atoms with E-state index in [0.29, 0.717) is 28.6 Å². The number of benzene rings is 2. The van der Waals surface area contributed by atoms with E-state index in [9.17, 15) is 14.4 Å². The van der Waals surface area contributed by atoms with Gasteiger partial charge in [-0.05, 0) is 42.3 Å². The first-order valence-corrected chi connectivity index (χ1v) is 12.1. The zero-order chi connectivity index (χ0) is 23.1. The maximum absolute atomic E-state index is 13.6. The number of Topliss-reactive ketones (excluding diaryl/α,β-unsaturated/α-hetero) is 1. The fraction of sp³-hybridized carbons (Fsp3) is 0.304. The lowest BCUT2D eigenvalue weighted by atomic mass is 10.0. The molecule has 2 aliphatic heterocycles. The van der Waals surface area contributed by atoms with Gasteiger partial charge in [-0.3, -0.25) is 14.4 Å². The number of aromatic nitrogens is 1. The molecule has 3 aromatic rings. The minimum Gasteiger partial charge on any atom is -0.368 e. The van der Waals surface area contributed by atoms with Crippen LogP contribution in [-0.2, 0) is 20.7 Å². The normalized spacial score (nSPS) is 20.8. The van der Waals surface area contributed by atoms with Gasteiger partial charge in [0.25, 0.3) is 5.91 Å². The second kappa shape index (κ2) is 9.02. The first kappa shape index (κ1) is 22.3. The molecule has 3 heterocycles. The molecule has 0 saturated carbocycles. The fourth-order valence-electron chi connectivity index (χ4n) is 4.38. The quantitative estimate of drug-likeness (QED) is 0.575. The Morgan fingerprint density at radius 3 is 2.88 bits per heavy atom. The Bertz CT molecular complexity index is 1260. The molecule has 0 bridgehead atoms. The topological polar surface area (TPSA) is 88.6 Å². The van der Waals surface area contributed by atoms with Crippen molar-refractivity contribution in [1.29, 1.82) is 0 Å². The number of ether oxygens (including phenoxy) is 1. The predicted octanol–water partition coefficient (Wildman–Crippen LogP) is 3.51. The Labute approximate surface area is 203 Å². The summed E-state index contributed by atoms with van der Waals surface area (Å²) < 4.78 is 6.48. The molecule has 170 valence electrons. The minimum absolute atomic E-state index is 0.0105. The van der Waals surface area contributed by atoms with Gasteiger partial charge < -0.3 is 15.0 Å². The van der Waals surface area contributed by atoms with Crippen molar-refractivity contribution < 1.29 is 19.1 Å². The molecule has 1 N–H and O–H groups in total. The number of thiazole rings is 1. The molecule has 2 fully saturated rings. The summed E-state index contributed by atoms with van der Waals surface area (Å²) in [5.74, 6) is -0.831. The maximum atomic E-state index is 13.6. The van der Waals surface area contributed by atoms with Gasteiger partial charge in [-0.2, -0.15) is 0 Å². The van der Waals surface area contributed by atoms with Gasteiger partial charge in [-0.1, -0.05) is 29.3 Å². The molecule has 2 aromatic carbocycles. The molecule has 7 nitrogen and oxygen atoms in total. The number of halogens is 2. The van der Waals surface area contributed by atoms with Gasteiger partial charge in [0, 0.05) is 18.5 Å². The van der Waals surface area contributed by atoms with Crippen LogP contribution in [-0.4, -0.2) is 58.8 Å². The number of fused-ring (bicyclic) bond motifs is 2. The molecule has 3 atom stereocenters. The number of carbonyl (C=O) groups excluding carboxylic acids is 3. The highest BCUT2D eigenvalue weighted by molar-refractivity contribution is 7.16. The summed E-state index contributed by atoms with van der Waals surface area (Å²) >= 11 is 13.7. The number of likely N-dealkylation sites (tertiary alicyclic amines) is 1. The summed E-state index contributed by atoms with van der Waals surface area (Å²) in [6, 6.07) is 8.83. The SMILES string of the molecule is O=C(NC(Cc1ccc(Cl)c(Cl)c1)C(=O)N1CCC2OCC(=O)C21)c1ccc2scnc2c1. The number of hydrogen-bond acceptors (Lipinski definition) is 6. The number of carbonyl (C=O) groups is 3. The van der Waals surface area contributed by atoms with Crippen molar-refractivity contribution >= 4 is 62.4 Å². The number of rotatable bonds is 5. The van der Waals surface area contributed by atoms with Crippen molar-refractivity contribution in [2.75, 3.05) is 13.2 Å². The summed E-state index contributed by atoms with van der Waals surface area (Å²) in [4.78, 5) is 44.8. The lowest BCUT2D eigenvalue weighted by molar-refractivity contribution is -0.138.